The number of carbonyl (C=O) groups excluding carboxylic acids is 2. The molecule has 1 saturated carbocycles. The largest absolute Gasteiger partial charge is 0.494 e. The van der Waals surface area contributed by atoms with E-state index in [-0.39, 0.29) is 30.8 Å². The first-order valence-electron chi connectivity index (χ1n) is 14.0. The summed E-state index contributed by atoms with van der Waals surface area (Å²) in [5, 5.41) is 3.16. The molecular weight excluding hydrogens is 514 g/mol. The van der Waals surface area contributed by atoms with E-state index in [1.807, 2.05) is 45.0 Å². The lowest BCUT2D eigenvalue weighted by Crippen LogP contribution is -2.51. The van der Waals surface area contributed by atoms with E-state index in [1.54, 1.807) is 29.2 Å². The van der Waals surface area contributed by atoms with E-state index in [4.69, 9.17) is 4.74 Å². The van der Waals surface area contributed by atoms with E-state index in [0.717, 1.165) is 43.1 Å². The number of nitrogens with zero attached hydrogens (tertiary/aromatic N) is 2. The van der Waals surface area contributed by atoms with Gasteiger partial charge >= 0.3 is 0 Å². The van der Waals surface area contributed by atoms with Crippen molar-refractivity contribution in [3.05, 3.63) is 59.7 Å². The average Bonchev–Trinajstić information content (AvgIpc) is 3.40. The number of hydrogen-bond donors (Lipinski definition) is 1. The van der Waals surface area contributed by atoms with Crippen LogP contribution in [0.5, 0.6) is 5.75 Å². The number of sulfonamides is 1. The van der Waals surface area contributed by atoms with Crippen LogP contribution in [0, 0.1) is 6.92 Å². The number of anilines is 1. The fraction of sp³-hybridized carbons (Fsp3) is 0.533. The molecule has 2 aromatic rings. The molecular formula is C30H43N3O5S. The highest BCUT2D eigenvalue weighted by Crippen LogP contribution is 2.24. The van der Waals surface area contributed by atoms with Gasteiger partial charge in [0.1, 0.15) is 11.8 Å². The number of nitrogens with one attached hydrogen (secondary N) is 1. The topological polar surface area (TPSA) is 96.0 Å². The maximum atomic E-state index is 13.6. The smallest absolute Gasteiger partial charge is 0.243 e. The number of hydrogen-bond acceptors (Lipinski definition) is 5. The maximum Gasteiger partial charge on any atom is 0.243 e. The normalized spacial score (nSPS) is 14.6. The Hall–Kier alpha value is -3.07. The molecule has 9 heteroatoms. The number of aryl methyl sites for hydroxylation is 1. The lowest BCUT2D eigenvalue weighted by Gasteiger charge is -2.32. The predicted octanol–water partition coefficient (Wildman–Crippen LogP) is 4.81. The van der Waals surface area contributed by atoms with Gasteiger partial charge in [-0.3, -0.25) is 13.9 Å². The summed E-state index contributed by atoms with van der Waals surface area (Å²) in [6, 6.07) is 14.3. The number of benzene rings is 2. The van der Waals surface area contributed by atoms with Crippen molar-refractivity contribution in [1.29, 1.82) is 0 Å². The highest BCUT2D eigenvalue weighted by atomic mass is 32.2. The minimum atomic E-state index is -3.56. The van der Waals surface area contributed by atoms with Gasteiger partial charge in [0.25, 0.3) is 0 Å². The van der Waals surface area contributed by atoms with Crippen LogP contribution in [-0.2, 0) is 26.2 Å². The minimum absolute atomic E-state index is 0.113. The summed E-state index contributed by atoms with van der Waals surface area (Å²) in [6.07, 6.45) is 6.28. The molecule has 1 atom stereocenters. The average molecular weight is 558 g/mol. The molecule has 0 spiro atoms. The van der Waals surface area contributed by atoms with Crippen LogP contribution in [0.4, 0.5) is 5.69 Å². The summed E-state index contributed by atoms with van der Waals surface area (Å²) in [6.45, 7) is 6.82. The van der Waals surface area contributed by atoms with Crippen LogP contribution in [0.15, 0.2) is 48.5 Å². The Labute approximate surface area is 233 Å². The van der Waals surface area contributed by atoms with Crippen LogP contribution in [0.1, 0.15) is 69.9 Å². The Balaban J connectivity index is 1.75. The monoisotopic (exact) mass is 557 g/mol. The summed E-state index contributed by atoms with van der Waals surface area (Å²) in [4.78, 5) is 28.6. The standard InChI is InChI=1S/C30H43N3O5S/c1-5-28(30(35)31-25-14-9-10-15-25)32(22-24-13-8-7-12-23(24)3)29(34)16-11-21-33(39(4,36)37)26-17-19-27(20-18-26)38-6-2/h7-8,12-13,17-20,25,28H,5-6,9-11,14-16,21-22H2,1-4H3,(H,31,35)/t28-/m1/s1. The van der Waals surface area contributed by atoms with Crippen LogP contribution in [0.25, 0.3) is 0 Å². The van der Waals surface area contributed by atoms with E-state index in [2.05, 4.69) is 5.32 Å². The molecule has 0 aromatic heterocycles. The van der Waals surface area contributed by atoms with Crippen molar-refractivity contribution in [2.24, 2.45) is 0 Å². The molecule has 1 fully saturated rings. The second-order valence-electron chi connectivity index (χ2n) is 10.2. The van der Waals surface area contributed by atoms with Gasteiger partial charge in [-0.25, -0.2) is 8.42 Å². The number of rotatable bonds is 14. The Kier molecular flexibility index (Phi) is 11.2. The van der Waals surface area contributed by atoms with E-state index >= 15 is 0 Å². The first kappa shape index (κ1) is 30.5. The van der Waals surface area contributed by atoms with Gasteiger partial charge in [0.05, 0.1) is 18.6 Å². The SMILES string of the molecule is CCOc1ccc(N(CCCC(=O)N(Cc2ccccc2C)[C@H](CC)C(=O)NC2CCCC2)S(C)(=O)=O)cc1. The fourth-order valence-electron chi connectivity index (χ4n) is 5.14. The van der Waals surface area contributed by atoms with Gasteiger partial charge in [-0.1, -0.05) is 44.0 Å². The van der Waals surface area contributed by atoms with E-state index in [9.17, 15) is 18.0 Å². The molecule has 214 valence electrons. The molecule has 0 bridgehead atoms. The molecule has 1 N–H and O–H groups in total. The van der Waals surface area contributed by atoms with Gasteiger partial charge in [-0.05, 0) is 74.9 Å². The van der Waals surface area contributed by atoms with Crippen LogP contribution in [-0.4, -0.2) is 56.6 Å². The highest BCUT2D eigenvalue weighted by molar-refractivity contribution is 7.92. The van der Waals surface area contributed by atoms with Gasteiger partial charge in [0.2, 0.25) is 21.8 Å². The van der Waals surface area contributed by atoms with Gasteiger partial charge in [0, 0.05) is 25.6 Å². The van der Waals surface area contributed by atoms with Crippen molar-refractivity contribution in [2.75, 3.05) is 23.7 Å². The van der Waals surface area contributed by atoms with Crippen molar-refractivity contribution in [3.63, 3.8) is 0 Å². The molecule has 0 saturated heterocycles. The highest BCUT2D eigenvalue weighted by Gasteiger charge is 2.31. The Morgan fingerprint density at radius 2 is 1.72 bits per heavy atom. The molecule has 1 aliphatic rings. The van der Waals surface area contributed by atoms with Crippen molar-refractivity contribution in [3.8, 4) is 5.75 Å². The molecule has 0 radical (unpaired) electrons. The molecule has 2 amide bonds. The minimum Gasteiger partial charge on any atom is -0.494 e. The van der Waals surface area contributed by atoms with Crippen LogP contribution in [0.2, 0.25) is 0 Å². The zero-order valence-corrected chi connectivity index (χ0v) is 24.5. The summed E-state index contributed by atoms with van der Waals surface area (Å²) in [5.74, 6) is 0.392. The van der Waals surface area contributed by atoms with E-state index in [0.29, 0.717) is 37.4 Å². The second-order valence-corrected chi connectivity index (χ2v) is 12.1. The van der Waals surface area contributed by atoms with E-state index < -0.39 is 16.1 Å². The molecule has 0 aliphatic heterocycles. The van der Waals surface area contributed by atoms with Crippen LogP contribution in [0.3, 0.4) is 0 Å². The number of ether oxygens (including phenoxy) is 1. The van der Waals surface area contributed by atoms with Crippen LogP contribution < -0.4 is 14.4 Å². The number of carbonyl (C=O) groups is 2. The van der Waals surface area contributed by atoms with Gasteiger partial charge < -0.3 is 15.0 Å². The molecule has 0 heterocycles. The van der Waals surface area contributed by atoms with Gasteiger partial charge in [-0.15, -0.1) is 0 Å². The van der Waals surface area contributed by atoms with E-state index in [1.165, 1.54) is 4.31 Å². The van der Waals surface area contributed by atoms with Crippen molar-refractivity contribution < 1.29 is 22.7 Å². The first-order chi connectivity index (χ1) is 18.6. The zero-order chi connectivity index (χ0) is 28.4. The lowest BCUT2D eigenvalue weighted by atomic mass is 10.0. The summed E-state index contributed by atoms with van der Waals surface area (Å²) in [7, 11) is -3.56. The fourth-order valence-corrected chi connectivity index (χ4v) is 6.10. The van der Waals surface area contributed by atoms with Crippen molar-refractivity contribution in [2.45, 2.75) is 84.3 Å². The third-order valence-corrected chi connectivity index (χ3v) is 8.47. The van der Waals surface area contributed by atoms with Crippen molar-refractivity contribution in [1.82, 2.24) is 10.2 Å². The molecule has 1 aliphatic carbocycles. The Bertz CT molecular complexity index is 1190. The molecule has 3 rings (SSSR count). The molecule has 8 nitrogen and oxygen atoms in total. The zero-order valence-electron chi connectivity index (χ0n) is 23.7. The third kappa shape index (κ3) is 8.71. The molecule has 0 unspecified atom stereocenters. The third-order valence-electron chi connectivity index (χ3n) is 7.28. The lowest BCUT2D eigenvalue weighted by molar-refractivity contribution is -0.141. The Morgan fingerprint density at radius 1 is 1.05 bits per heavy atom. The summed E-state index contributed by atoms with van der Waals surface area (Å²) < 4.78 is 31.9. The summed E-state index contributed by atoms with van der Waals surface area (Å²) >= 11 is 0. The predicted molar refractivity (Wildman–Crippen MR) is 155 cm³/mol. The maximum absolute atomic E-state index is 13.6. The second kappa shape index (κ2) is 14.4. The summed E-state index contributed by atoms with van der Waals surface area (Å²) in [5.41, 5.74) is 2.57. The quantitative estimate of drug-likeness (QED) is 0.360. The number of amides is 2. The molecule has 39 heavy (non-hydrogen) atoms. The van der Waals surface area contributed by atoms with Crippen molar-refractivity contribution >= 4 is 27.5 Å². The van der Waals surface area contributed by atoms with Gasteiger partial charge in [-0.2, -0.15) is 0 Å². The first-order valence-corrected chi connectivity index (χ1v) is 15.8. The Morgan fingerprint density at radius 3 is 2.31 bits per heavy atom. The van der Waals surface area contributed by atoms with Gasteiger partial charge in [0.15, 0.2) is 0 Å². The van der Waals surface area contributed by atoms with Crippen LogP contribution >= 0.6 is 0 Å². The molecule has 2 aromatic carbocycles.